The van der Waals surface area contributed by atoms with Gasteiger partial charge >= 0.3 is 0 Å². The monoisotopic (exact) mass is 219 g/mol. The Morgan fingerprint density at radius 1 is 1.64 bits per heavy atom. The van der Waals surface area contributed by atoms with Crippen molar-refractivity contribution in [2.75, 3.05) is 7.11 Å². The quantitative estimate of drug-likeness (QED) is 0.739. The fourth-order valence-corrected chi connectivity index (χ4v) is 2.11. The molecule has 1 rings (SSSR count). The van der Waals surface area contributed by atoms with Crippen LogP contribution in [0, 0.1) is 0 Å². The van der Waals surface area contributed by atoms with E-state index < -0.39 is 15.6 Å². The Hall–Kier alpha value is -1.17. The third-order valence-electron chi connectivity index (χ3n) is 1.83. The van der Waals surface area contributed by atoms with Crippen molar-refractivity contribution in [3.63, 3.8) is 0 Å². The van der Waals surface area contributed by atoms with Gasteiger partial charge in [-0.3, -0.25) is 4.79 Å². The zero-order chi connectivity index (χ0) is 10.6. The first-order valence-electron chi connectivity index (χ1n) is 4.18. The van der Waals surface area contributed by atoms with Crippen molar-refractivity contribution in [3.8, 4) is 5.75 Å². The highest BCUT2D eigenvalue weighted by atomic mass is 28.2. The fourth-order valence-electron chi connectivity index (χ4n) is 1.19. The van der Waals surface area contributed by atoms with E-state index in [-0.39, 0.29) is 17.4 Å². The maximum atomic E-state index is 12.0. The Morgan fingerprint density at radius 2 is 2.36 bits per heavy atom. The number of halogens is 2. The first kappa shape index (κ1) is 10.9. The largest absolute Gasteiger partial charge is 0.491 e. The van der Waals surface area contributed by atoms with Crippen LogP contribution in [0.25, 0.3) is 0 Å². The molecule has 0 radical (unpaired) electrons. The molecule has 1 N–H and O–H groups in total. The first-order valence-corrected chi connectivity index (χ1v) is 5.99. The summed E-state index contributed by atoms with van der Waals surface area (Å²) in [6.07, 6.45) is 1.44. The van der Waals surface area contributed by atoms with Crippen molar-refractivity contribution in [3.05, 3.63) is 28.2 Å². The molecule has 6 heteroatoms. The summed E-state index contributed by atoms with van der Waals surface area (Å²) in [4.78, 5) is 13.6. The maximum Gasteiger partial charge on any atom is 0.290 e. The number of aromatic nitrogens is 1. The summed E-state index contributed by atoms with van der Waals surface area (Å²) in [6.45, 7) is 0. The van der Waals surface area contributed by atoms with Gasteiger partial charge in [0, 0.05) is 6.20 Å². The van der Waals surface area contributed by atoms with E-state index in [1.54, 1.807) is 6.07 Å². The molecule has 1 aromatic rings. The molecule has 1 aromatic heterocycles. The zero-order valence-electron chi connectivity index (χ0n) is 7.72. The number of alkyl halides is 2. The van der Waals surface area contributed by atoms with Gasteiger partial charge in [-0.15, -0.1) is 0 Å². The van der Waals surface area contributed by atoms with Crippen molar-refractivity contribution in [2.24, 2.45) is 0 Å². The highest BCUT2D eigenvalue weighted by molar-refractivity contribution is 6.36. The lowest BCUT2D eigenvalue weighted by Crippen LogP contribution is -2.15. The minimum absolute atomic E-state index is 0.153. The second-order valence-corrected chi connectivity index (χ2v) is 4.49. The minimum atomic E-state index is -2.22. The van der Waals surface area contributed by atoms with Gasteiger partial charge in [0.05, 0.1) is 7.11 Å². The Labute approximate surface area is 81.9 Å². The molecule has 3 nitrogen and oxygen atoms in total. The van der Waals surface area contributed by atoms with E-state index >= 15 is 0 Å². The number of hydrogen-bond acceptors (Lipinski definition) is 2. The lowest BCUT2D eigenvalue weighted by molar-refractivity contribution is 0.237. The summed E-state index contributed by atoms with van der Waals surface area (Å²) in [7, 11) is -0.106. The highest BCUT2D eigenvalue weighted by Crippen LogP contribution is 2.11. The number of pyridine rings is 1. The van der Waals surface area contributed by atoms with Gasteiger partial charge in [-0.05, 0) is 17.7 Å². The summed E-state index contributed by atoms with van der Waals surface area (Å²) in [5.74, 6) is 0.153. The van der Waals surface area contributed by atoms with Gasteiger partial charge in [0.25, 0.3) is 5.56 Å². The van der Waals surface area contributed by atoms with Crippen molar-refractivity contribution < 1.29 is 13.5 Å². The number of rotatable bonds is 4. The van der Waals surface area contributed by atoms with Crippen molar-refractivity contribution >= 4 is 9.52 Å². The third-order valence-corrected chi connectivity index (χ3v) is 3.10. The van der Waals surface area contributed by atoms with Crippen molar-refractivity contribution in [1.29, 1.82) is 0 Å². The molecule has 0 saturated carbocycles. The van der Waals surface area contributed by atoms with E-state index in [1.807, 2.05) is 0 Å². The van der Waals surface area contributed by atoms with E-state index in [0.29, 0.717) is 5.56 Å². The summed E-state index contributed by atoms with van der Waals surface area (Å²) < 4.78 is 28.8. The second-order valence-electron chi connectivity index (χ2n) is 2.80. The molecule has 0 aliphatic heterocycles. The van der Waals surface area contributed by atoms with Crippen LogP contribution < -0.4 is 10.3 Å². The van der Waals surface area contributed by atoms with E-state index in [1.165, 1.54) is 13.3 Å². The molecular formula is C8H11F2NO2Si. The topological polar surface area (TPSA) is 42.1 Å². The molecule has 0 atom stereocenters. The highest BCUT2D eigenvalue weighted by Gasteiger charge is 2.10. The van der Waals surface area contributed by atoms with Gasteiger partial charge in [0.2, 0.25) is 6.05 Å². The maximum absolute atomic E-state index is 12.0. The Balaban J connectivity index is 2.85. The van der Waals surface area contributed by atoms with Crippen LogP contribution in [0.3, 0.4) is 0 Å². The lowest BCUT2D eigenvalue weighted by atomic mass is 10.3. The second kappa shape index (κ2) is 4.90. The average Bonchev–Trinajstić information content (AvgIpc) is 2.14. The SMILES string of the molecule is COc1c(C[SiH2]C(F)F)cc[nH]c1=O. The van der Waals surface area contributed by atoms with Crippen LogP contribution in [0.15, 0.2) is 17.1 Å². The standard InChI is InChI=1S/C8H11F2NO2Si/c1-13-6-5(4-14-8(9)10)2-3-11-7(6)12/h2-3,8H,4,14H2,1H3,(H,11,12). The molecule has 0 bridgehead atoms. The lowest BCUT2D eigenvalue weighted by Gasteiger charge is -2.05. The predicted octanol–water partition coefficient (Wildman–Crippen LogP) is 0.275. The van der Waals surface area contributed by atoms with Crippen LogP contribution in [-0.2, 0) is 6.04 Å². The first-order chi connectivity index (χ1) is 6.65. The van der Waals surface area contributed by atoms with Crippen molar-refractivity contribution in [2.45, 2.75) is 12.1 Å². The molecule has 0 spiro atoms. The summed E-state index contributed by atoms with van der Waals surface area (Å²) in [6, 6.07) is -0.334. The zero-order valence-corrected chi connectivity index (χ0v) is 9.13. The van der Waals surface area contributed by atoms with Crippen molar-refractivity contribution in [1.82, 2.24) is 4.98 Å². The fraction of sp³-hybridized carbons (Fsp3) is 0.375. The molecule has 0 fully saturated rings. The van der Waals surface area contributed by atoms with E-state index in [0.717, 1.165) is 0 Å². The smallest absolute Gasteiger partial charge is 0.290 e. The van der Waals surface area contributed by atoms with Gasteiger partial charge < -0.3 is 9.72 Å². The Morgan fingerprint density at radius 3 is 2.93 bits per heavy atom. The van der Waals surface area contributed by atoms with Crippen LogP contribution in [0.2, 0.25) is 0 Å². The molecule has 78 valence electrons. The van der Waals surface area contributed by atoms with E-state index in [4.69, 9.17) is 4.74 Å². The van der Waals surface area contributed by atoms with Gasteiger partial charge in [0.1, 0.15) is 9.52 Å². The Bertz CT molecular complexity index is 353. The Kier molecular flexibility index (Phi) is 3.81. The number of H-pyrrole nitrogens is 1. The molecule has 1 heterocycles. The van der Waals surface area contributed by atoms with Crippen LogP contribution in [-0.4, -0.2) is 27.7 Å². The predicted molar refractivity (Wildman–Crippen MR) is 51.9 cm³/mol. The van der Waals surface area contributed by atoms with Crippen LogP contribution in [0.5, 0.6) is 5.75 Å². The third kappa shape index (κ3) is 2.66. The van der Waals surface area contributed by atoms with E-state index in [2.05, 4.69) is 4.98 Å². The van der Waals surface area contributed by atoms with Gasteiger partial charge in [-0.2, -0.15) is 0 Å². The number of ether oxygens (including phenoxy) is 1. The summed E-state index contributed by atoms with van der Waals surface area (Å²) in [5.41, 5.74) is 0.205. The number of nitrogens with one attached hydrogen (secondary N) is 1. The number of methoxy groups -OCH3 is 1. The summed E-state index contributed by atoms with van der Waals surface area (Å²) >= 11 is 0. The molecule has 0 aromatic carbocycles. The molecular weight excluding hydrogens is 208 g/mol. The minimum Gasteiger partial charge on any atom is -0.491 e. The van der Waals surface area contributed by atoms with Gasteiger partial charge in [0.15, 0.2) is 5.75 Å². The van der Waals surface area contributed by atoms with Crippen LogP contribution >= 0.6 is 0 Å². The molecule has 0 saturated heterocycles. The van der Waals surface area contributed by atoms with E-state index in [9.17, 15) is 13.6 Å². The normalized spacial score (nSPS) is 11.4. The van der Waals surface area contributed by atoms with Crippen LogP contribution in [0.4, 0.5) is 8.78 Å². The van der Waals surface area contributed by atoms with Gasteiger partial charge in [-0.1, -0.05) is 0 Å². The number of hydrogen-bond donors (Lipinski definition) is 1. The molecule has 0 unspecified atom stereocenters. The number of aromatic amines is 1. The molecule has 14 heavy (non-hydrogen) atoms. The molecule has 0 aliphatic rings. The molecule has 0 amide bonds. The summed E-state index contributed by atoms with van der Waals surface area (Å²) in [5, 5.41) is 0. The average molecular weight is 219 g/mol. The van der Waals surface area contributed by atoms with Gasteiger partial charge in [-0.25, -0.2) is 8.78 Å². The van der Waals surface area contributed by atoms with Crippen LogP contribution in [0.1, 0.15) is 5.56 Å². The molecule has 0 aliphatic carbocycles.